The molecule has 3 amide bonds. The van der Waals surface area contributed by atoms with E-state index >= 15 is 0 Å². The van der Waals surface area contributed by atoms with Crippen LogP contribution < -0.4 is 10.6 Å². The third-order valence-electron chi connectivity index (χ3n) is 9.74. The summed E-state index contributed by atoms with van der Waals surface area (Å²) in [7, 11) is 0. The lowest BCUT2D eigenvalue weighted by Gasteiger charge is -2.39. The number of ketones is 1. The van der Waals surface area contributed by atoms with Gasteiger partial charge < -0.3 is 10.2 Å². The number of urea groups is 1. The lowest BCUT2D eigenvalue weighted by atomic mass is 9.85. The average Bonchev–Trinajstić information content (AvgIpc) is 3.61. The average molecular weight is 646 g/mol. The van der Waals surface area contributed by atoms with Crippen LogP contribution in [0.1, 0.15) is 92.9 Å². The van der Waals surface area contributed by atoms with E-state index in [1.807, 2.05) is 79.7 Å². The molecule has 2 saturated heterocycles. The zero-order valence-electron chi connectivity index (χ0n) is 28.5. The molecule has 3 heterocycles. The summed E-state index contributed by atoms with van der Waals surface area (Å²) in [6.07, 6.45) is 6.55. The molecule has 2 aliphatic rings. The van der Waals surface area contributed by atoms with E-state index in [0.717, 1.165) is 60.3 Å². The van der Waals surface area contributed by atoms with Crippen molar-refractivity contribution < 1.29 is 14.4 Å². The van der Waals surface area contributed by atoms with Gasteiger partial charge in [0.05, 0.1) is 11.4 Å². The van der Waals surface area contributed by atoms with E-state index in [2.05, 4.69) is 48.4 Å². The first kappa shape index (κ1) is 33.2. The number of nitrogens with one attached hydrogen (secondary N) is 2. The molecule has 3 aromatic carbocycles. The van der Waals surface area contributed by atoms with Gasteiger partial charge in [-0.3, -0.25) is 14.9 Å². The number of hydrogen-bond donors (Lipinski definition) is 2. The Kier molecular flexibility index (Phi) is 9.81. The van der Waals surface area contributed by atoms with Gasteiger partial charge in [0.25, 0.3) is 0 Å². The number of aryl methyl sites for hydroxylation is 1. The molecule has 0 saturated carbocycles. The highest BCUT2D eigenvalue weighted by atomic mass is 16.2. The number of anilines is 2. The van der Waals surface area contributed by atoms with Gasteiger partial charge in [-0.15, -0.1) is 0 Å². The van der Waals surface area contributed by atoms with E-state index in [0.29, 0.717) is 43.1 Å². The van der Waals surface area contributed by atoms with Crippen LogP contribution in [0.25, 0.3) is 5.69 Å². The van der Waals surface area contributed by atoms with Crippen LogP contribution >= 0.6 is 0 Å². The number of hydrogen-bond acceptors (Lipinski definition) is 4. The third-order valence-corrected chi connectivity index (χ3v) is 9.74. The van der Waals surface area contributed by atoms with E-state index in [9.17, 15) is 14.4 Å². The number of Topliss-reactive ketones (excluding diaryl/α,β-unsaturated/α-hetero) is 1. The molecule has 2 atom stereocenters. The summed E-state index contributed by atoms with van der Waals surface area (Å²) < 4.78 is 1.78. The van der Waals surface area contributed by atoms with Crippen molar-refractivity contribution in [1.29, 1.82) is 0 Å². The van der Waals surface area contributed by atoms with Gasteiger partial charge in [-0.1, -0.05) is 80.9 Å². The van der Waals surface area contributed by atoms with Crippen LogP contribution in [0.2, 0.25) is 0 Å². The van der Waals surface area contributed by atoms with Crippen LogP contribution in [-0.4, -0.2) is 44.5 Å². The summed E-state index contributed by atoms with van der Waals surface area (Å²) in [5.41, 5.74) is 5.43. The smallest absolute Gasteiger partial charge is 0.324 e. The zero-order valence-corrected chi connectivity index (χ0v) is 28.5. The number of fused-ring (bicyclic) bond motifs is 2. The molecule has 0 spiro atoms. The van der Waals surface area contributed by atoms with Gasteiger partial charge in [0.15, 0.2) is 5.78 Å². The summed E-state index contributed by atoms with van der Waals surface area (Å²) in [4.78, 5) is 40.9. The monoisotopic (exact) mass is 645 g/mol. The van der Waals surface area contributed by atoms with Gasteiger partial charge in [0.1, 0.15) is 5.82 Å². The summed E-state index contributed by atoms with van der Waals surface area (Å²) in [5.74, 6) is 1.43. The number of aromatic nitrogens is 2. The van der Waals surface area contributed by atoms with E-state index in [1.165, 1.54) is 5.56 Å². The maximum Gasteiger partial charge on any atom is 0.324 e. The molecular formula is C40H47N5O3. The van der Waals surface area contributed by atoms with Crippen molar-refractivity contribution in [3.63, 3.8) is 0 Å². The Bertz CT molecular complexity index is 1720. The highest BCUT2D eigenvalue weighted by Crippen LogP contribution is 2.40. The standard InChI is InChI=1S/C40H47N5O3/c1-27-13-19-32(20-14-27)45-37(26-36(43-45)40(2,3)4)42-39(48)41-31-17-15-28(16-18-31)23-29-24-33-21-22-34(25-29)44(33)38(47)12-8-11-35(46)30-9-6-5-7-10-30/h5-7,9-10,13-20,26,29,33-34H,8,11-12,21-25H2,1-4H3,(H2,41,42,48). The molecule has 0 aliphatic carbocycles. The second-order valence-electron chi connectivity index (χ2n) is 14.6. The van der Waals surface area contributed by atoms with E-state index in [1.54, 1.807) is 4.68 Å². The second kappa shape index (κ2) is 14.2. The molecule has 2 bridgehead atoms. The van der Waals surface area contributed by atoms with Crippen molar-refractivity contribution in [3.05, 3.63) is 107 Å². The van der Waals surface area contributed by atoms with Crippen molar-refractivity contribution in [1.82, 2.24) is 14.7 Å². The fourth-order valence-corrected chi connectivity index (χ4v) is 7.22. The van der Waals surface area contributed by atoms with Crippen LogP contribution in [0, 0.1) is 12.8 Å². The minimum absolute atomic E-state index is 0.104. The molecule has 2 aliphatic heterocycles. The number of piperidine rings is 1. The molecule has 48 heavy (non-hydrogen) atoms. The molecule has 4 aromatic rings. The van der Waals surface area contributed by atoms with Crippen LogP contribution in [0.3, 0.4) is 0 Å². The predicted octanol–water partition coefficient (Wildman–Crippen LogP) is 8.49. The topological polar surface area (TPSA) is 96.3 Å². The molecule has 6 rings (SSSR count). The maximum absolute atomic E-state index is 13.2. The van der Waals surface area contributed by atoms with E-state index in [4.69, 9.17) is 5.10 Å². The Balaban J connectivity index is 1.00. The first-order valence-electron chi connectivity index (χ1n) is 17.3. The molecule has 0 radical (unpaired) electrons. The highest BCUT2D eigenvalue weighted by molar-refractivity contribution is 5.99. The molecule has 2 unspecified atom stereocenters. The van der Waals surface area contributed by atoms with Gasteiger partial charge >= 0.3 is 6.03 Å². The lowest BCUT2D eigenvalue weighted by molar-refractivity contribution is -0.136. The Morgan fingerprint density at radius 2 is 1.50 bits per heavy atom. The van der Waals surface area contributed by atoms with Crippen LogP contribution in [0.5, 0.6) is 0 Å². The Labute approximate surface area is 283 Å². The van der Waals surface area contributed by atoms with Crippen LogP contribution in [0.4, 0.5) is 16.3 Å². The number of benzene rings is 3. The largest absolute Gasteiger partial charge is 0.337 e. The number of carbonyl (C=O) groups excluding carboxylic acids is 3. The first-order valence-corrected chi connectivity index (χ1v) is 17.3. The summed E-state index contributed by atoms with van der Waals surface area (Å²) in [6, 6.07) is 27.7. The Hall–Kier alpha value is -4.72. The summed E-state index contributed by atoms with van der Waals surface area (Å²) in [5, 5.41) is 10.8. The van der Waals surface area contributed by atoms with Gasteiger partial charge in [-0.25, -0.2) is 9.48 Å². The molecule has 2 N–H and O–H groups in total. The van der Waals surface area contributed by atoms with Crippen LogP contribution in [0.15, 0.2) is 84.9 Å². The highest BCUT2D eigenvalue weighted by Gasteiger charge is 2.42. The molecule has 8 nitrogen and oxygen atoms in total. The molecule has 8 heteroatoms. The third kappa shape index (κ3) is 7.87. The molecule has 1 aromatic heterocycles. The zero-order chi connectivity index (χ0) is 33.8. The van der Waals surface area contributed by atoms with E-state index < -0.39 is 0 Å². The quantitative estimate of drug-likeness (QED) is 0.169. The number of carbonyl (C=O) groups is 3. The SMILES string of the molecule is Cc1ccc(-n2nc(C(C)(C)C)cc2NC(=O)Nc2ccc(CC3CC4CCC(C3)N4C(=O)CCCC(=O)c3ccccc3)cc2)cc1. The van der Waals surface area contributed by atoms with Gasteiger partial charge in [0, 0.05) is 47.7 Å². The Morgan fingerprint density at radius 1 is 0.833 bits per heavy atom. The fourth-order valence-electron chi connectivity index (χ4n) is 7.22. The molecule has 250 valence electrons. The van der Waals surface area contributed by atoms with E-state index in [-0.39, 0.29) is 23.1 Å². The normalized spacial score (nSPS) is 18.8. The van der Waals surface area contributed by atoms with Crippen molar-refractivity contribution in [2.75, 3.05) is 10.6 Å². The predicted molar refractivity (Wildman–Crippen MR) is 191 cm³/mol. The molecule has 2 fully saturated rings. The minimum Gasteiger partial charge on any atom is -0.337 e. The summed E-state index contributed by atoms with van der Waals surface area (Å²) in [6.45, 7) is 8.36. The molecular weight excluding hydrogens is 598 g/mol. The number of amides is 3. The summed E-state index contributed by atoms with van der Waals surface area (Å²) >= 11 is 0. The maximum atomic E-state index is 13.2. The van der Waals surface area contributed by atoms with Crippen molar-refractivity contribution in [3.8, 4) is 5.69 Å². The number of nitrogens with zero attached hydrogens (tertiary/aromatic N) is 3. The van der Waals surface area contributed by atoms with Crippen molar-refractivity contribution in [2.24, 2.45) is 5.92 Å². The van der Waals surface area contributed by atoms with Gasteiger partial charge in [-0.05, 0) is 81.2 Å². The lowest BCUT2D eigenvalue weighted by Crippen LogP contribution is -2.46. The number of rotatable bonds is 10. The minimum atomic E-state index is -0.325. The van der Waals surface area contributed by atoms with Crippen molar-refractivity contribution >= 4 is 29.2 Å². The van der Waals surface area contributed by atoms with Crippen LogP contribution in [-0.2, 0) is 16.6 Å². The second-order valence-corrected chi connectivity index (χ2v) is 14.6. The Morgan fingerprint density at radius 3 is 2.15 bits per heavy atom. The fraction of sp³-hybridized carbons (Fsp3) is 0.400. The van der Waals surface area contributed by atoms with Crippen molar-refractivity contribution in [2.45, 2.75) is 96.6 Å². The van der Waals surface area contributed by atoms with Gasteiger partial charge in [-0.2, -0.15) is 5.10 Å². The first-order chi connectivity index (χ1) is 23.0. The van der Waals surface area contributed by atoms with Gasteiger partial charge in [0.2, 0.25) is 5.91 Å².